The van der Waals surface area contributed by atoms with E-state index in [1.165, 1.54) is 0 Å². The number of fused-ring (bicyclic) bond motifs is 1. The first-order valence-electron chi connectivity index (χ1n) is 12.8. The first kappa shape index (κ1) is 26.0. The van der Waals surface area contributed by atoms with Gasteiger partial charge in [0.1, 0.15) is 22.7 Å². The van der Waals surface area contributed by atoms with Gasteiger partial charge >= 0.3 is 0 Å². The molecule has 8 heteroatoms. The molecule has 8 nitrogen and oxygen atoms in total. The van der Waals surface area contributed by atoms with Gasteiger partial charge in [-0.3, -0.25) is 19.2 Å². The van der Waals surface area contributed by atoms with Crippen molar-refractivity contribution in [1.82, 2.24) is 15.1 Å². The molecule has 2 heterocycles. The van der Waals surface area contributed by atoms with Crippen molar-refractivity contribution in [2.45, 2.75) is 39.4 Å². The molecule has 0 saturated carbocycles. The molecule has 0 spiro atoms. The normalized spacial score (nSPS) is 16.5. The van der Waals surface area contributed by atoms with E-state index in [2.05, 4.69) is 5.32 Å². The van der Waals surface area contributed by atoms with E-state index in [0.29, 0.717) is 22.8 Å². The summed E-state index contributed by atoms with van der Waals surface area (Å²) in [6.07, 6.45) is 0. The van der Waals surface area contributed by atoms with Crippen molar-refractivity contribution in [3.8, 4) is 22.8 Å². The third-order valence-electron chi connectivity index (χ3n) is 7.41. The zero-order chi connectivity index (χ0) is 27.7. The quantitative estimate of drug-likeness (QED) is 0.371. The molecule has 0 unspecified atom stereocenters. The Morgan fingerprint density at radius 2 is 1.72 bits per heavy atom. The molecule has 200 valence electrons. The zero-order valence-electron chi connectivity index (χ0n) is 22.8. The molecular formula is C31H32N4O4. The number of amides is 2. The van der Waals surface area contributed by atoms with Crippen LogP contribution in [-0.2, 0) is 17.9 Å². The van der Waals surface area contributed by atoms with Crippen molar-refractivity contribution in [1.29, 1.82) is 0 Å². The molecule has 0 bridgehead atoms. The summed E-state index contributed by atoms with van der Waals surface area (Å²) < 4.78 is 12.4. The first-order chi connectivity index (χ1) is 18.7. The summed E-state index contributed by atoms with van der Waals surface area (Å²) in [7, 11) is 3.22. The SMILES string of the molecule is COc1ccc(-c2cc3n(n2)C[C@](C)(C(=O)NCc2ccccc2OC)N(c2ccc(C)c(C)c2)C3=O)cc1. The van der Waals surface area contributed by atoms with Crippen LogP contribution in [0.25, 0.3) is 11.3 Å². The lowest BCUT2D eigenvalue weighted by Crippen LogP contribution is -2.64. The second kappa shape index (κ2) is 10.3. The van der Waals surface area contributed by atoms with Crippen molar-refractivity contribution < 1.29 is 19.1 Å². The summed E-state index contributed by atoms with van der Waals surface area (Å²) in [5.74, 6) is 0.852. The standard InChI is InChI=1S/C31H32N4O4/c1-20-10-13-24(16-21(20)2)35-29(36)27-17-26(22-11-14-25(38-4)15-12-22)33-34(27)19-31(35,3)30(37)32-18-23-8-6-7-9-28(23)39-5/h6-17H,18-19H2,1-5H3,(H,32,37)/t31-/m1/s1. The van der Waals surface area contributed by atoms with Gasteiger partial charge in [0, 0.05) is 23.4 Å². The van der Waals surface area contributed by atoms with E-state index >= 15 is 0 Å². The highest BCUT2D eigenvalue weighted by Gasteiger charge is 2.49. The lowest BCUT2D eigenvalue weighted by Gasteiger charge is -2.43. The minimum atomic E-state index is -1.24. The maximum atomic E-state index is 14.1. The van der Waals surface area contributed by atoms with Crippen LogP contribution in [0.1, 0.15) is 34.1 Å². The minimum absolute atomic E-state index is 0.189. The van der Waals surface area contributed by atoms with Crippen LogP contribution in [0, 0.1) is 13.8 Å². The third kappa shape index (κ3) is 4.74. The van der Waals surface area contributed by atoms with E-state index in [9.17, 15) is 9.59 Å². The van der Waals surface area contributed by atoms with Crippen LogP contribution in [0.4, 0.5) is 5.69 Å². The molecule has 0 saturated heterocycles. The maximum absolute atomic E-state index is 14.1. The fraction of sp³-hybridized carbons (Fsp3) is 0.258. The van der Waals surface area contributed by atoms with Crippen molar-refractivity contribution in [3.63, 3.8) is 0 Å². The summed E-state index contributed by atoms with van der Waals surface area (Å²) in [6, 6.07) is 22.6. The van der Waals surface area contributed by atoms with Gasteiger partial charge < -0.3 is 14.8 Å². The van der Waals surface area contributed by atoms with Crippen LogP contribution >= 0.6 is 0 Å². The van der Waals surface area contributed by atoms with Gasteiger partial charge in [-0.25, -0.2) is 0 Å². The Morgan fingerprint density at radius 1 is 0.974 bits per heavy atom. The van der Waals surface area contributed by atoms with Crippen molar-refractivity contribution in [3.05, 3.63) is 95.2 Å². The fourth-order valence-electron chi connectivity index (χ4n) is 4.97. The van der Waals surface area contributed by atoms with E-state index < -0.39 is 5.54 Å². The number of nitrogens with zero attached hydrogens (tertiary/aromatic N) is 3. The van der Waals surface area contributed by atoms with E-state index in [1.807, 2.05) is 80.6 Å². The average molecular weight is 525 g/mol. The number of aryl methyl sites for hydroxylation is 2. The number of nitrogens with one attached hydrogen (secondary N) is 1. The van der Waals surface area contributed by atoms with Crippen LogP contribution in [0.2, 0.25) is 0 Å². The molecule has 0 radical (unpaired) electrons. The van der Waals surface area contributed by atoms with Crippen LogP contribution in [0.5, 0.6) is 11.5 Å². The van der Waals surface area contributed by atoms with Crippen LogP contribution in [-0.4, -0.2) is 41.4 Å². The largest absolute Gasteiger partial charge is 0.497 e. The van der Waals surface area contributed by atoms with Crippen LogP contribution in [0.3, 0.4) is 0 Å². The number of methoxy groups -OCH3 is 2. The summed E-state index contributed by atoms with van der Waals surface area (Å²) in [6.45, 7) is 6.26. The average Bonchev–Trinajstić information content (AvgIpc) is 3.37. The number of hydrogen-bond acceptors (Lipinski definition) is 5. The molecule has 0 aliphatic carbocycles. The molecule has 1 N–H and O–H groups in total. The third-order valence-corrected chi connectivity index (χ3v) is 7.41. The second-order valence-corrected chi connectivity index (χ2v) is 9.98. The molecule has 3 aromatic carbocycles. The van der Waals surface area contributed by atoms with Gasteiger partial charge in [-0.1, -0.05) is 24.3 Å². The molecule has 2 amide bonds. The zero-order valence-corrected chi connectivity index (χ0v) is 22.8. The number of aromatic nitrogens is 2. The Hall–Kier alpha value is -4.59. The minimum Gasteiger partial charge on any atom is -0.497 e. The number of para-hydroxylation sites is 1. The van der Waals surface area contributed by atoms with Crippen LogP contribution in [0.15, 0.2) is 72.8 Å². The van der Waals surface area contributed by atoms with E-state index in [-0.39, 0.29) is 24.9 Å². The van der Waals surface area contributed by atoms with Crippen molar-refractivity contribution in [2.24, 2.45) is 0 Å². The number of anilines is 1. The van der Waals surface area contributed by atoms with Crippen LogP contribution < -0.4 is 19.7 Å². The van der Waals surface area contributed by atoms with E-state index in [4.69, 9.17) is 14.6 Å². The summed E-state index contributed by atoms with van der Waals surface area (Å²) >= 11 is 0. The number of carbonyl (C=O) groups excluding carboxylic acids is 2. The van der Waals surface area contributed by atoms with E-state index in [0.717, 1.165) is 28.0 Å². The lowest BCUT2D eigenvalue weighted by molar-refractivity contribution is -0.126. The highest BCUT2D eigenvalue weighted by atomic mass is 16.5. The fourth-order valence-corrected chi connectivity index (χ4v) is 4.97. The Bertz CT molecular complexity index is 1540. The van der Waals surface area contributed by atoms with Gasteiger partial charge in [0.2, 0.25) is 5.91 Å². The highest BCUT2D eigenvalue weighted by Crippen LogP contribution is 2.35. The molecule has 5 rings (SSSR count). The predicted molar refractivity (Wildman–Crippen MR) is 150 cm³/mol. The molecule has 1 aromatic heterocycles. The maximum Gasteiger partial charge on any atom is 0.277 e. The number of ether oxygens (including phenoxy) is 2. The Kier molecular flexibility index (Phi) is 6.87. The molecule has 1 aliphatic rings. The molecule has 1 atom stereocenters. The Morgan fingerprint density at radius 3 is 2.41 bits per heavy atom. The molecule has 1 aliphatic heterocycles. The Balaban J connectivity index is 1.54. The van der Waals surface area contributed by atoms with Crippen molar-refractivity contribution in [2.75, 3.05) is 19.1 Å². The molecule has 39 heavy (non-hydrogen) atoms. The number of rotatable bonds is 7. The van der Waals surface area contributed by atoms with Crippen molar-refractivity contribution >= 4 is 17.5 Å². The summed E-state index contributed by atoms with van der Waals surface area (Å²) in [5, 5.41) is 7.78. The monoisotopic (exact) mass is 524 g/mol. The topological polar surface area (TPSA) is 85.7 Å². The molecular weight excluding hydrogens is 492 g/mol. The Labute approximate surface area is 228 Å². The number of benzene rings is 3. The smallest absolute Gasteiger partial charge is 0.277 e. The first-order valence-corrected chi connectivity index (χ1v) is 12.8. The van der Waals surface area contributed by atoms with Gasteiger partial charge in [0.05, 0.1) is 26.5 Å². The van der Waals surface area contributed by atoms with Gasteiger partial charge in [0.25, 0.3) is 5.91 Å². The second-order valence-electron chi connectivity index (χ2n) is 9.98. The van der Waals surface area contributed by atoms with Gasteiger partial charge in [-0.2, -0.15) is 5.10 Å². The van der Waals surface area contributed by atoms with Gasteiger partial charge in [0.15, 0.2) is 0 Å². The lowest BCUT2D eigenvalue weighted by atomic mass is 9.93. The number of carbonyl (C=O) groups is 2. The van der Waals surface area contributed by atoms with E-state index in [1.54, 1.807) is 36.8 Å². The number of hydrogen-bond donors (Lipinski definition) is 1. The highest BCUT2D eigenvalue weighted by molar-refractivity contribution is 6.12. The molecule has 4 aromatic rings. The predicted octanol–water partition coefficient (Wildman–Crippen LogP) is 4.92. The van der Waals surface area contributed by atoms with Gasteiger partial charge in [-0.05, 0) is 80.4 Å². The summed E-state index contributed by atoms with van der Waals surface area (Å²) in [5.41, 5.74) is 4.35. The molecule has 0 fully saturated rings. The van der Waals surface area contributed by atoms with Gasteiger partial charge in [-0.15, -0.1) is 0 Å². The summed E-state index contributed by atoms with van der Waals surface area (Å²) in [4.78, 5) is 29.6.